The lowest BCUT2D eigenvalue weighted by molar-refractivity contribution is -0.119. The molecule has 3 heterocycles. The van der Waals surface area contributed by atoms with Gasteiger partial charge in [-0.3, -0.25) is 4.79 Å². The van der Waals surface area contributed by atoms with Crippen LogP contribution in [0.2, 0.25) is 0 Å². The minimum absolute atomic E-state index is 0. The molecule has 0 bridgehead atoms. The van der Waals surface area contributed by atoms with Crippen LogP contribution in [-0.4, -0.2) is 47.9 Å². The number of nitrogens with zero attached hydrogens (tertiary/aromatic N) is 2. The predicted molar refractivity (Wildman–Crippen MR) is 129 cm³/mol. The second-order valence-electron chi connectivity index (χ2n) is 8.40. The van der Waals surface area contributed by atoms with Crippen LogP contribution in [0, 0.1) is 19.3 Å². The number of guanidine groups is 1. The number of carbonyl (C=O) groups excluding carboxylic acids is 1. The Hall–Kier alpha value is -1.77. The molecule has 1 atom stereocenters. The van der Waals surface area contributed by atoms with E-state index in [9.17, 15) is 4.79 Å². The summed E-state index contributed by atoms with van der Waals surface area (Å²) < 4.78 is 0. The highest BCUT2D eigenvalue weighted by molar-refractivity contribution is 14.0. The number of hydrogen-bond acceptors (Lipinski definition) is 2. The Bertz CT molecular complexity index is 921. The highest BCUT2D eigenvalue weighted by Crippen LogP contribution is 2.36. The van der Waals surface area contributed by atoms with Gasteiger partial charge in [-0.1, -0.05) is 6.07 Å². The summed E-state index contributed by atoms with van der Waals surface area (Å²) in [6.07, 6.45) is 2.86. The molecule has 2 saturated heterocycles. The number of rotatable bonds is 3. The first-order valence-electron chi connectivity index (χ1n) is 10.4. The van der Waals surface area contributed by atoms with E-state index in [0.717, 1.165) is 45.0 Å². The molecule has 6 nitrogen and oxygen atoms in total. The van der Waals surface area contributed by atoms with Gasteiger partial charge in [-0.2, -0.15) is 0 Å². The molecule has 1 aromatic carbocycles. The van der Waals surface area contributed by atoms with Crippen LogP contribution in [0.4, 0.5) is 0 Å². The summed E-state index contributed by atoms with van der Waals surface area (Å²) >= 11 is 0. The average Bonchev–Trinajstić information content (AvgIpc) is 3.18. The molecule has 0 aliphatic carbocycles. The molecule has 2 aliphatic rings. The van der Waals surface area contributed by atoms with Crippen LogP contribution in [-0.2, 0) is 11.3 Å². The lowest BCUT2D eigenvalue weighted by Gasteiger charge is -2.40. The molecule has 29 heavy (non-hydrogen) atoms. The summed E-state index contributed by atoms with van der Waals surface area (Å²) in [7, 11) is 0. The fourth-order valence-corrected chi connectivity index (χ4v) is 4.63. The Kier molecular flexibility index (Phi) is 6.76. The van der Waals surface area contributed by atoms with Crippen LogP contribution < -0.4 is 10.6 Å². The number of piperidine rings is 1. The maximum atomic E-state index is 11.8. The number of likely N-dealkylation sites (tertiary alicyclic amines) is 1. The Morgan fingerprint density at radius 3 is 2.90 bits per heavy atom. The van der Waals surface area contributed by atoms with Gasteiger partial charge < -0.3 is 20.5 Å². The average molecular weight is 509 g/mol. The van der Waals surface area contributed by atoms with Crippen molar-refractivity contribution >= 4 is 46.7 Å². The van der Waals surface area contributed by atoms with Crippen LogP contribution >= 0.6 is 24.0 Å². The first-order chi connectivity index (χ1) is 13.5. The van der Waals surface area contributed by atoms with Gasteiger partial charge in [0.05, 0.1) is 6.54 Å². The number of H-pyrrole nitrogens is 1. The molecule has 2 aliphatic heterocycles. The molecular weight excluding hydrogens is 477 g/mol. The Morgan fingerprint density at radius 1 is 1.34 bits per heavy atom. The van der Waals surface area contributed by atoms with Crippen molar-refractivity contribution in [3.8, 4) is 0 Å². The van der Waals surface area contributed by atoms with E-state index in [4.69, 9.17) is 4.99 Å². The van der Waals surface area contributed by atoms with Gasteiger partial charge in [-0.15, -0.1) is 24.0 Å². The Labute approximate surface area is 189 Å². The number of carbonyl (C=O) groups is 1. The van der Waals surface area contributed by atoms with Crippen molar-refractivity contribution in [2.75, 3.05) is 26.2 Å². The highest BCUT2D eigenvalue weighted by atomic mass is 127. The summed E-state index contributed by atoms with van der Waals surface area (Å²) in [4.78, 5) is 22.5. The number of amides is 1. The van der Waals surface area contributed by atoms with Crippen molar-refractivity contribution in [1.29, 1.82) is 0 Å². The third-order valence-corrected chi connectivity index (χ3v) is 6.28. The normalized spacial score (nSPS) is 22.1. The van der Waals surface area contributed by atoms with Crippen molar-refractivity contribution in [2.45, 2.75) is 46.6 Å². The van der Waals surface area contributed by atoms with Crippen LogP contribution in [0.25, 0.3) is 10.9 Å². The van der Waals surface area contributed by atoms with Crippen molar-refractivity contribution in [3.63, 3.8) is 0 Å². The zero-order chi connectivity index (χ0) is 19.7. The topological polar surface area (TPSA) is 72.5 Å². The van der Waals surface area contributed by atoms with Crippen molar-refractivity contribution in [3.05, 3.63) is 35.0 Å². The monoisotopic (exact) mass is 509 g/mol. The van der Waals surface area contributed by atoms with E-state index in [0.29, 0.717) is 13.0 Å². The number of nitrogens with one attached hydrogen (secondary N) is 3. The molecule has 2 aromatic rings. The van der Waals surface area contributed by atoms with Gasteiger partial charge in [-0.05, 0) is 56.9 Å². The number of aryl methyl sites for hydroxylation is 2. The largest absolute Gasteiger partial charge is 0.358 e. The van der Waals surface area contributed by atoms with Crippen molar-refractivity contribution in [2.24, 2.45) is 10.4 Å². The molecule has 1 unspecified atom stereocenters. The van der Waals surface area contributed by atoms with Crippen LogP contribution in [0.5, 0.6) is 0 Å². The summed E-state index contributed by atoms with van der Waals surface area (Å²) in [5, 5.41) is 7.76. The van der Waals surface area contributed by atoms with Gasteiger partial charge in [0.15, 0.2) is 5.96 Å². The van der Waals surface area contributed by atoms with Gasteiger partial charge in [-0.25, -0.2) is 4.99 Å². The number of halogens is 1. The van der Waals surface area contributed by atoms with E-state index >= 15 is 0 Å². The van der Waals surface area contributed by atoms with E-state index in [1.807, 2.05) is 0 Å². The number of hydrogen-bond donors (Lipinski definition) is 3. The fraction of sp³-hybridized carbons (Fsp3) is 0.545. The molecule has 158 valence electrons. The molecule has 1 aromatic heterocycles. The van der Waals surface area contributed by atoms with E-state index < -0.39 is 0 Å². The zero-order valence-electron chi connectivity index (χ0n) is 17.6. The van der Waals surface area contributed by atoms with E-state index in [1.165, 1.54) is 27.7 Å². The SMILES string of the molecule is CCNC(=NCc1ccc2[nH]c(C)c(C)c2c1)N1CCCC2(CNC(=O)C2)C1.I. The lowest BCUT2D eigenvalue weighted by atomic mass is 9.79. The second kappa shape index (κ2) is 8.93. The second-order valence-corrected chi connectivity index (χ2v) is 8.40. The maximum absolute atomic E-state index is 11.8. The quantitative estimate of drug-likeness (QED) is 0.337. The minimum Gasteiger partial charge on any atom is -0.358 e. The smallest absolute Gasteiger partial charge is 0.220 e. The minimum atomic E-state index is 0. The number of benzene rings is 1. The van der Waals surface area contributed by atoms with Crippen LogP contribution in [0.3, 0.4) is 0 Å². The van der Waals surface area contributed by atoms with Gasteiger partial charge >= 0.3 is 0 Å². The Morgan fingerprint density at radius 2 is 2.17 bits per heavy atom. The molecule has 7 heteroatoms. The molecule has 3 N–H and O–H groups in total. The van der Waals surface area contributed by atoms with E-state index in [-0.39, 0.29) is 35.3 Å². The zero-order valence-corrected chi connectivity index (χ0v) is 19.9. The summed E-state index contributed by atoms with van der Waals surface area (Å²) in [5.41, 5.74) is 5.01. The van der Waals surface area contributed by atoms with Crippen LogP contribution in [0.15, 0.2) is 23.2 Å². The molecule has 2 fully saturated rings. The number of fused-ring (bicyclic) bond motifs is 1. The van der Waals surface area contributed by atoms with Crippen molar-refractivity contribution in [1.82, 2.24) is 20.5 Å². The molecule has 1 amide bonds. The first-order valence-corrected chi connectivity index (χ1v) is 10.4. The fourth-order valence-electron chi connectivity index (χ4n) is 4.63. The third-order valence-electron chi connectivity index (χ3n) is 6.28. The summed E-state index contributed by atoms with van der Waals surface area (Å²) in [6, 6.07) is 6.55. The Balaban J connectivity index is 0.00000240. The summed E-state index contributed by atoms with van der Waals surface area (Å²) in [5.74, 6) is 1.15. The molecule has 0 saturated carbocycles. The lowest BCUT2D eigenvalue weighted by Crippen LogP contribution is -2.51. The molecule has 0 radical (unpaired) electrons. The molecule has 1 spiro atoms. The molecule has 4 rings (SSSR count). The molecular formula is C22H32IN5O. The van der Waals surface area contributed by atoms with E-state index in [1.54, 1.807) is 0 Å². The highest BCUT2D eigenvalue weighted by Gasteiger charge is 2.42. The maximum Gasteiger partial charge on any atom is 0.220 e. The van der Waals surface area contributed by atoms with Crippen molar-refractivity contribution < 1.29 is 4.79 Å². The van der Waals surface area contributed by atoms with Gasteiger partial charge in [0, 0.05) is 54.6 Å². The standard InChI is InChI=1S/C22H31N5O.HI/c1-4-23-21(27-9-5-8-22(14-27)11-20(28)25-13-22)24-12-17-6-7-19-18(10-17)15(2)16(3)26-19;/h6-7,10,26H,4-5,8-9,11-14H2,1-3H3,(H,23,24)(H,25,28);1H. The number of aromatic nitrogens is 1. The first kappa shape index (κ1) is 21.9. The van der Waals surface area contributed by atoms with Crippen LogP contribution in [0.1, 0.15) is 43.0 Å². The van der Waals surface area contributed by atoms with E-state index in [2.05, 4.69) is 59.5 Å². The number of aromatic amines is 1. The predicted octanol–water partition coefficient (Wildman–Crippen LogP) is 3.47. The van der Waals surface area contributed by atoms with Gasteiger partial charge in [0.1, 0.15) is 0 Å². The van der Waals surface area contributed by atoms with Gasteiger partial charge in [0.25, 0.3) is 0 Å². The van der Waals surface area contributed by atoms with Gasteiger partial charge in [0.2, 0.25) is 5.91 Å². The number of aliphatic imine (C=N–C) groups is 1. The summed E-state index contributed by atoms with van der Waals surface area (Å²) in [6.45, 7) is 10.6. The third kappa shape index (κ3) is 4.54.